The predicted octanol–water partition coefficient (Wildman–Crippen LogP) is 4.42. The lowest BCUT2D eigenvalue weighted by molar-refractivity contribution is -0.275. The summed E-state index contributed by atoms with van der Waals surface area (Å²) in [6.45, 7) is 4.93. The van der Waals surface area contributed by atoms with E-state index in [4.69, 9.17) is 9.47 Å². The number of ether oxygens (including phenoxy) is 2. The van der Waals surface area contributed by atoms with E-state index in [1.807, 2.05) is 0 Å². The van der Waals surface area contributed by atoms with Crippen molar-refractivity contribution in [2.45, 2.75) is 58.0 Å². The largest absolute Gasteiger partial charge is 0.493 e. The molecule has 1 aromatic heterocycles. The molecule has 1 aliphatic heterocycles. The van der Waals surface area contributed by atoms with Crippen LogP contribution < -0.4 is 15.5 Å². The molecule has 0 bridgehead atoms. The van der Waals surface area contributed by atoms with Crippen LogP contribution in [0.15, 0.2) is 23.0 Å². The van der Waals surface area contributed by atoms with E-state index < -0.39 is 52.5 Å². The first-order chi connectivity index (χ1) is 15.7. The van der Waals surface area contributed by atoms with Crippen LogP contribution in [0.2, 0.25) is 0 Å². The van der Waals surface area contributed by atoms with Gasteiger partial charge < -0.3 is 19.8 Å². The zero-order chi connectivity index (χ0) is 25.6. The summed E-state index contributed by atoms with van der Waals surface area (Å²) in [6, 6.07) is 3.07. The number of hydrogen-bond donors (Lipinski definition) is 2. The highest BCUT2D eigenvalue weighted by Crippen LogP contribution is 2.59. The van der Waals surface area contributed by atoms with Crippen molar-refractivity contribution in [1.29, 1.82) is 0 Å². The van der Waals surface area contributed by atoms with Crippen molar-refractivity contribution >= 4 is 5.91 Å². The zero-order valence-corrected chi connectivity index (χ0v) is 19.2. The lowest BCUT2D eigenvalue weighted by atomic mass is 9.76. The lowest BCUT2D eigenvalue weighted by Crippen LogP contribution is -2.46. The Labute approximate surface area is 192 Å². The normalized spacial score (nSPS) is 24.8. The Morgan fingerprint density at radius 3 is 2.47 bits per heavy atom. The average Bonchev–Trinajstić information content (AvgIpc) is 3.01. The van der Waals surface area contributed by atoms with Crippen molar-refractivity contribution in [3.63, 3.8) is 0 Å². The van der Waals surface area contributed by atoms with Crippen LogP contribution in [-0.2, 0) is 16.1 Å². The molecule has 1 aromatic carbocycles. The molecule has 34 heavy (non-hydrogen) atoms. The number of alkyl halides is 3. The van der Waals surface area contributed by atoms with E-state index in [0.717, 1.165) is 32.2 Å². The van der Waals surface area contributed by atoms with Gasteiger partial charge in [0.2, 0.25) is 11.7 Å². The Hall–Kier alpha value is -2.95. The number of hydrogen-bond acceptors (Lipinski definition) is 4. The molecule has 4 atom stereocenters. The summed E-state index contributed by atoms with van der Waals surface area (Å²) in [7, 11) is 1.09. The Kier molecular flexibility index (Phi) is 6.80. The van der Waals surface area contributed by atoms with Gasteiger partial charge in [0.15, 0.2) is 22.6 Å². The average molecular weight is 488 g/mol. The number of rotatable bonds is 5. The number of amides is 1. The molecule has 1 amide bonds. The van der Waals surface area contributed by atoms with Gasteiger partial charge in [0.05, 0.1) is 7.11 Å². The van der Waals surface area contributed by atoms with E-state index in [2.05, 4.69) is 10.3 Å². The first kappa shape index (κ1) is 25.7. The quantitative estimate of drug-likeness (QED) is 0.611. The zero-order valence-electron chi connectivity index (χ0n) is 19.2. The maximum Gasteiger partial charge on any atom is 0.417 e. The summed E-state index contributed by atoms with van der Waals surface area (Å²) in [4.78, 5) is 26.9. The summed E-state index contributed by atoms with van der Waals surface area (Å²) in [6.07, 6.45) is -6.16. The number of methoxy groups -OCH3 is 1. The van der Waals surface area contributed by atoms with Crippen LogP contribution in [0.4, 0.5) is 22.0 Å². The molecule has 0 spiro atoms. The molecular weight excluding hydrogens is 463 g/mol. The second kappa shape index (κ2) is 9.01. The topological polar surface area (TPSA) is 80.4 Å². The van der Waals surface area contributed by atoms with Gasteiger partial charge in [-0.3, -0.25) is 9.59 Å². The van der Waals surface area contributed by atoms with E-state index in [-0.39, 0.29) is 29.3 Å². The van der Waals surface area contributed by atoms with Crippen LogP contribution in [0.5, 0.6) is 5.75 Å². The molecule has 0 saturated carbocycles. The molecule has 6 nitrogen and oxygen atoms in total. The highest BCUT2D eigenvalue weighted by atomic mass is 19.4. The van der Waals surface area contributed by atoms with Crippen molar-refractivity contribution in [2.75, 3.05) is 7.11 Å². The van der Waals surface area contributed by atoms with Gasteiger partial charge in [0.1, 0.15) is 6.10 Å². The maximum absolute atomic E-state index is 14.5. The van der Waals surface area contributed by atoms with E-state index in [1.54, 1.807) is 0 Å². The van der Waals surface area contributed by atoms with Gasteiger partial charge in [0.25, 0.3) is 0 Å². The fourth-order valence-corrected chi connectivity index (χ4v) is 4.41. The third kappa shape index (κ3) is 4.28. The molecule has 11 heteroatoms. The summed E-state index contributed by atoms with van der Waals surface area (Å²) in [5.74, 6) is -5.84. The van der Waals surface area contributed by atoms with Crippen molar-refractivity contribution in [2.24, 2.45) is 5.92 Å². The standard InChI is InChI=1S/C23H25F5N2O4/c1-10-18(13-6-7-15(24)19(25)20(13)33-5)21(34-22(10,4)23(26,27)28)16-8-17(32)14(11(2)30-16)9-29-12(3)31/h6-8,10,18,21H,9H2,1-5H3,(H,29,31)(H,30,32)/t10-,18-,21-,22+/m0/s1. The smallest absolute Gasteiger partial charge is 0.417 e. The number of nitrogens with one attached hydrogen (secondary N) is 2. The molecule has 186 valence electrons. The highest BCUT2D eigenvalue weighted by Gasteiger charge is 2.65. The molecule has 0 unspecified atom stereocenters. The van der Waals surface area contributed by atoms with Crippen LogP contribution in [0.25, 0.3) is 0 Å². The number of aromatic nitrogens is 1. The minimum Gasteiger partial charge on any atom is -0.493 e. The van der Waals surface area contributed by atoms with E-state index in [1.165, 1.54) is 20.8 Å². The van der Waals surface area contributed by atoms with E-state index >= 15 is 0 Å². The fourth-order valence-electron chi connectivity index (χ4n) is 4.41. The molecule has 3 rings (SSSR count). The summed E-state index contributed by atoms with van der Waals surface area (Å²) in [5.41, 5.74) is -2.61. The molecule has 0 aliphatic carbocycles. The minimum absolute atomic E-state index is 0.0206. The first-order valence-electron chi connectivity index (χ1n) is 10.5. The molecular formula is C23H25F5N2O4. The van der Waals surface area contributed by atoms with Gasteiger partial charge in [-0.1, -0.05) is 13.0 Å². The van der Waals surface area contributed by atoms with Crippen LogP contribution in [0.3, 0.4) is 0 Å². The van der Waals surface area contributed by atoms with Crippen molar-refractivity contribution in [3.8, 4) is 5.75 Å². The molecule has 1 fully saturated rings. The molecule has 2 aromatic rings. The van der Waals surface area contributed by atoms with Gasteiger partial charge in [0, 0.05) is 53.9 Å². The monoisotopic (exact) mass is 488 g/mol. The third-order valence-corrected chi connectivity index (χ3v) is 6.50. The number of carbonyl (C=O) groups excluding carboxylic acids is 1. The fraction of sp³-hybridized carbons (Fsp3) is 0.478. The Bertz CT molecular complexity index is 1160. The Morgan fingerprint density at radius 1 is 1.29 bits per heavy atom. The van der Waals surface area contributed by atoms with E-state index in [0.29, 0.717) is 5.69 Å². The molecule has 0 radical (unpaired) electrons. The van der Waals surface area contributed by atoms with Crippen molar-refractivity contribution < 1.29 is 36.2 Å². The number of aryl methyl sites for hydroxylation is 1. The maximum atomic E-state index is 14.5. The van der Waals surface area contributed by atoms with Crippen LogP contribution in [-0.4, -0.2) is 29.8 Å². The summed E-state index contributed by atoms with van der Waals surface area (Å²) >= 11 is 0. The van der Waals surface area contributed by atoms with Crippen LogP contribution in [0, 0.1) is 24.5 Å². The van der Waals surface area contributed by atoms with Gasteiger partial charge in [-0.05, 0) is 19.9 Å². The van der Waals surface area contributed by atoms with Gasteiger partial charge in [-0.25, -0.2) is 4.39 Å². The molecule has 2 heterocycles. The molecule has 1 aliphatic rings. The van der Waals surface area contributed by atoms with Gasteiger partial charge in [-0.2, -0.15) is 17.6 Å². The number of carbonyl (C=O) groups is 1. The van der Waals surface area contributed by atoms with Crippen LogP contribution in [0.1, 0.15) is 55.3 Å². The minimum atomic E-state index is -4.80. The van der Waals surface area contributed by atoms with Crippen LogP contribution >= 0.6 is 0 Å². The number of H-pyrrole nitrogens is 1. The number of halogens is 5. The predicted molar refractivity (Wildman–Crippen MR) is 112 cm³/mol. The first-order valence-corrected chi connectivity index (χ1v) is 10.5. The second-order valence-electron chi connectivity index (χ2n) is 8.54. The Balaban J connectivity index is 2.19. The third-order valence-electron chi connectivity index (χ3n) is 6.50. The Morgan fingerprint density at radius 2 is 1.94 bits per heavy atom. The van der Waals surface area contributed by atoms with Crippen molar-refractivity contribution in [1.82, 2.24) is 10.3 Å². The molecule has 2 N–H and O–H groups in total. The number of aromatic amines is 1. The summed E-state index contributed by atoms with van der Waals surface area (Å²) in [5, 5.41) is 2.50. The second-order valence-corrected chi connectivity index (χ2v) is 8.54. The lowest BCUT2D eigenvalue weighted by Gasteiger charge is -2.32. The van der Waals surface area contributed by atoms with Gasteiger partial charge in [-0.15, -0.1) is 0 Å². The van der Waals surface area contributed by atoms with E-state index in [9.17, 15) is 31.5 Å². The molecule has 1 saturated heterocycles. The SMILES string of the molecule is COc1c([C@H]2[C@H](c3cc(=O)c(CNC(C)=O)c(C)[nH]3)O[C@@](C)(C(F)(F)F)[C@H]2C)ccc(F)c1F. The number of pyridine rings is 1. The van der Waals surface area contributed by atoms with Crippen molar-refractivity contribution in [3.05, 3.63) is 62.6 Å². The highest BCUT2D eigenvalue weighted by molar-refractivity contribution is 5.72. The summed E-state index contributed by atoms with van der Waals surface area (Å²) < 4.78 is 81.2. The number of benzene rings is 1. The van der Waals surface area contributed by atoms with Gasteiger partial charge >= 0.3 is 6.18 Å².